The molecule has 2 aromatic rings. The molecule has 2 aromatic carbocycles. The number of benzene rings is 2. The number of likely N-dealkylation sites (N-methyl/N-ethyl adjacent to an activating group) is 2. The molecule has 3 rings (SSSR count). The fourth-order valence-corrected chi connectivity index (χ4v) is 12.9. The van der Waals surface area contributed by atoms with E-state index in [1.807, 2.05) is 67.5 Å². The fourth-order valence-electron chi connectivity index (χ4n) is 11.7. The second kappa shape index (κ2) is 46.0. The molecule has 1 heterocycles. The minimum atomic E-state index is -4.47. The minimum absolute atomic E-state index is 0.00647. The number of ether oxygens (including phenoxy) is 5. The second-order valence-corrected chi connectivity index (χ2v) is 28.9. The van der Waals surface area contributed by atoms with Crippen LogP contribution in [-0.4, -0.2) is 243 Å². The maximum Gasteiger partial charge on any atom is 0.312 e. The largest absolute Gasteiger partial charge is 0.379 e. The molecule has 0 aliphatic carbocycles. The van der Waals surface area contributed by atoms with Crippen molar-refractivity contribution in [2.24, 2.45) is 35.3 Å². The highest BCUT2D eigenvalue weighted by molar-refractivity contribution is 7.89. The van der Waals surface area contributed by atoms with Crippen LogP contribution < -0.4 is 42.4 Å². The lowest BCUT2D eigenvalue weighted by molar-refractivity contribution is -0.147. The number of imide groups is 1. The molecule has 31 heteroatoms. The average Bonchev–Trinajstić information content (AvgIpc) is 1.43. The zero-order chi connectivity index (χ0) is 77.1. The first-order chi connectivity index (χ1) is 48.7. The SMILES string of the molecule is CCCCN(C[C@H](OC)[C@@H](C)C(=O)N[C@@H](Cc1ccccc1)C(=O)NS(=O)(=O)Cc1ccc(NC(=O)[C@H](CCCNC(N)=O)NC(=O)[C@@H](NC(=O)CCOCCOCCOCCN2C(=O)C=CC2=O)C(C)C)cc1)C(=O)C[C@@H](OC)[C@H]([C@@H](C)CC)N(C)C(=O)[C@@H](NC(=O)[C@H](C(C)C)N(C)C)C(C)C. The molecular weight excluding hydrogens is 1350 g/mol. The maximum absolute atomic E-state index is 14.7. The summed E-state index contributed by atoms with van der Waals surface area (Å²) in [7, 11) is 3.72. The molecule has 0 spiro atoms. The molecule has 10 atom stereocenters. The van der Waals surface area contributed by atoms with Crippen LogP contribution in [0.1, 0.15) is 125 Å². The lowest BCUT2D eigenvalue weighted by Gasteiger charge is -2.41. The lowest BCUT2D eigenvalue weighted by atomic mass is 9.89. The number of nitrogens with two attached hydrogens (primary N) is 1. The van der Waals surface area contributed by atoms with Gasteiger partial charge in [-0.1, -0.05) is 125 Å². The summed E-state index contributed by atoms with van der Waals surface area (Å²) in [6, 6.07) is 7.92. The molecule has 0 radical (unpaired) electrons. The van der Waals surface area contributed by atoms with E-state index in [1.54, 1.807) is 68.0 Å². The maximum atomic E-state index is 14.7. The van der Waals surface area contributed by atoms with Gasteiger partial charge in [-0.3, -0.25) is 62.5 Å². The number of methoxy groups -OCH3 is 2. The highest BCUT2D eigenvalue weighted by atomic mass is 32.2. The van der Waals surface area contributed by atoms with Crippen LogP contribution in [0.25, 0.3) is 0 Å². The number of rotatable bonds is 50. The van der Waals surface area contributed by atoms with Gasteiger partial charge in [0.2, 0.25) is 51.4 Å². The standard InChI is InChI=1S/C72H116N12O18S/c1-16-18-34-83(61(88)43-56(98-14)65(49(9)17-2)82(13)71(94)63(47(5)6)79-70(93)64(48(7)8)81(11)12)44-57(99-15)50(10)66(89)77-55(42-51-23-20-19-21-24-51)68(91)80-103(96,97)45-52-26-28-53(29-27-52)75-67(90)54(25-22-33-74-72(73)95)76-69(92)62(46(3)4)78-58(85)32-36-100-38-40-102-41-39-101-37-35-84-59(86)30-31-60(84)87/h19-21,23-24,26-31,46-50,54-57,62-65H,16-18,22,25,32-45H2,1-15H3,(H,75,90)(H,76,92)(H,77,89)(H,78,85)(H,79,93)(H,80,91)(H3,73,74,95)/t49-,50+,54-,55-,56+,57-,62-,63-,64-,65-/m0/s1. The lowest BCUT2D eigenvalue weighted by Crippen LogP contribution is -2.59. The Morgan fingerprint density at radius 1 is 0.621 bits per heavy atom. The summed E-state index contributed by atoms with van der Waals surface area (Å²) in [6.07, 6.45) is 2.50. The zero-order valence-electron chi connectivity index (χ0n) is 62.9. The predicted molar refractivity (Wildman–Crippen MR) is 388 cm³/mol. The van der Waals surface area contributed by atoms with Crippen molar-refractivity contribution in [3.05, 3.63) is 77.9 Å². The van der Waals surface area contributed by atoms with Gasteiger partial charge in [0.1, 0.15) is 24.2 Å². The Morgan fingerprint density at radius 3 is 1.75 bits per heavy atom. The van der Waals surface area contributed by atoms with Crippen molar-refractivity contribution < 1.29 is 84.8 Å². The van der Waals surface area contributed by atoms with Gasteiger partial charge in [-0.2, -0.15) is 0 Å². The van der Waals surface area contributed by atoms with E-state index in [9.17, 15) is 61.2 Å². The van der Waals surface area contributed by atoms with Gasteiger partial charge in [-0.15, -0.1) is 0 Å². The van der Waals surface area contributed by atoms with E-state index >= 15 is 0 Å². The Labute approximate surface area is 608 Å². The number of amides is 12. The third-order valence-corrected chi connectivity index (χ3v) is 19.0. The number of nitrogens with one attached hydrogen (secondary N) is 7. The number of primary amides is 1. The smallest absolute Gasteiger partial charge is 0.312 e. The first-order valence-corrected chi connectivity index (χ1v) is 37.1. The van der Waals surface area contributed by atoms with Gasteiger partial charge in [0.05, 0.1) is 88.6 Å². The normalized spacial score (nSPS) is 15.3. The fraction of sp³-hybridized carbons (Fsp3) is 0.653. The molecule has 30 nitrogen and oxygen atoms in total. The molecule has 103 heavy (non-hydrogen) atoms. The Kier molecular flexibility index (Phi) is 39.9. The van der Waals surface area contributed by atoms with Gasteiger partial charge in [0.15, 0.2) is 0 Å². The number of hydrogen-bond acceptors (Lipinski definition) is 19. The Morgan fingerprint density at radius 2 is 1.20 bits per heavy atom. The van der Waals surface area contributed by atoms with Crippen molar-refractivity contribution >= 4 is 80.8 Å². The molecule has 0 aromatic heterocycles. The number of hydrogen-bond donors (Lipinski definition) is 8. The Bertz CT molecular complexity index is 3170. The summed E-state index contributed by atoms with van der Waals surface area (Å²) in [5.41, 5.74) is 6.26. The van der Waals surface area contributed by atoms with Crippen molar-refractivity contribution in [3.8, 4) is 0 Å². The minimum Gasteiger partial charge on any atom is -0.379 e. The molecule has 1 aliphatic heterocycles. The summed E-state index contributed by atoms with van der Waals surface area (Å²) in [5.74, 6) is -7.82. The molecule has 0 bridgehead atoms. The van der Waals surface area contributed by atoms with Gasteiger partial charge in [0, 0.05) is 71.6 Å². The number of carbonyl (C=O) groups excluding carboxylic acids is 11. The van der Waals surface area contributed by atoms with Gasteiger partial charge in [0.25, 0.3) is 17.7 Å². The van der Waals surface area contributed by atoms with Crippen LogP contribution in [0.15, 0.2) is 66.7 Å². The number of sulfonamides is 1. The van der Waals surface area contributed by atoms with Crippen molar-refractivity contribution in [2.45, 2.75) is 175 Å². The van der Waals surface area contributed by atoms with Gasteiger partial charge >= 0.3 is 6.03 Å². The molecule has 9 N–H and O–H groups in total. The highest BCUT2D eigenvalue weighted by Gasteiger charge is 2.41. The van der Waals surface area contributed by atoms with E-state index in [1.165, 1.54) is 50.6 Å². The molecular formula is C72H116N12O18S. The third-order valence-electron chi connectivity index (χ3n) is 17.8. The van der Waals surface area contributed by atoms with Crippen LogP contribution in [0.4, 0.5) is 10.5 Å². The Hall–Kier alpha value is -7.94. The quantitative estimate of drug-likeness (QED) is 0.0348. The number of nitrogens with zero attached hydrogens (tertiary/aromatic N) is 4. The number of carbonyl (C=O) groups is 11. The number of urea groups is 1. The molecule has 1 aliphatic rings. The van der Waals surface area contributed by atoms with Crippen LogP contribution in [-0.2, 0) is 93.8 Å². The summed E-state index contributed by atoms with van der Waals surface area (Å²) < 4.78 is 58.2. The highest BCUT2D eigenvalue weighted by Crippen LogP contribution is 2.26. The van der Waals surface area contributed by atoms with Crippen LogP contribution in [0, 0.1) is 29.6 Å². The van der Waals surface area contributed by atoms with E-state index < -0.39 is 123 Å². The van der Waals surface area contributed by atoms with E-state index in [-0.39, 0.29) is 138 Å². The van der Waals surface area contributed by atoms with Crippen LogP contribution in [0.2, 0.25) is 0 Å². The van der Waals surface area contributed by atoms with E-state index in [0.29, 0.717) is 24.9 Å². The van der Waals surface area contributed by atoms with E-state index in [0.717, 1.165) is 11.3 Å². The first kappa shape index (κ1) is 89.3. The molecule has 0 saturated heterocycles. The molecule has 578 valence electrons. The first-order valence-electron chi connectivity index (χ1n) is 35.5. The number of unbranched alkanes of at least 4 members (excludes halogenated alkanes) is 1. The average molecular weight is 1470 g/mol. The van der Waals surface area contributed by atoms with Gasteiger partial charge in [-0.05, 0) is 80.3 Å². The third kappa shape index (κ3) is 31.1. The zero-order valence-corrected chi connectivity index (χ0v) is 63.7. The van der Waals surface area contributed by atoms with Crippen molar-refractivity contribution in [2.75, 3.05) is 106 Å². The summed E-state index contributed by atoms with van der Waals surface area (Å²) in [5, 5.41) is 16.3. The van der Waals surface area contributed by atoms with Crippen LogP contribution >= 0.6 is 0 Å². The monoisotopic (exact) mass is 1470 g/mol. The van der Waals surface area contributed by atoms with E-state index in [4.69, 9.17) is 29.4 Å². The summed E-state index contributed by atoms with van der Waals surface area (Å²) in [4.78, 5) is 153. The van der Waals surface area contributed by atoms with Crippen LogP contribution in [0.3, 0.4) is 0 Å². The molecule has 0 fully saturated rings. The van der Waals surface area contributed by atoms with Crippen LogP contribution in [0.5, 0.6) is 0 Å². The van der Waals surface area contributed by atoms with Crippen molar-refractivity contribution in [1.82, 2.24) is 50.9 Å². The Balaban J connectivity index is 1.71. The number of anilines is 1. The molecule has 0 saturated carbocycles. The summed E-state index contributed by atoms with van der Waals surface area (Å²) >= 11 is 0. The molecule has 12 amide bonds. The van der Waals surface area contributed by atoms with Crippen molar-refractivity contribution in [1.29, 1.82) is 0 Å². The second-order valence-electron chi connectivity index (χ2n) is 27.1. The molecule has 0 unspecified atom stereocenters. The van der Waals surface area contributed by atoms with E-state index in [2.05, 4.69) is 36.6 Å². The summed E-state index contributed by atoms with van der Waals surface area (Å²) in [6.45, 7) is 19.9. The van der Waals surface area contributed by atoms with Gasteiger partial charge in [-0.25, -0.2) is 13.2 Å². The van der Waals surface area contributed by atoms with Gasteiger partial charge < -0.3 is 71.1 Å². The predicted octanol–water partition coefficient (Wildman–Crippen LogP) is 3.02. The van der Waals surface area contributed by atoms with Crippen molar-refractivity contribution in [3.63, 3.8) is 0 Å². The topological polar surface area (TPSA) is 391 Å².